The molecule has 6 heteroatoms. The van der Waals surface area contributed by atoms with Gasteiger partial charge in [0.05, 0.1) is 22.3 Å². The monoisotopic (exact) mass is 882 g/mol. The first-order chi connectivity index (χ1) is 31.0. The van der Waals surface area contributed by atoms with Gasteiger partial charge in [-0.15, -0.1) is 22.7 Å². The lowest BCUT2D eigenvalue weighted by molar-refractivity contribution is -0.00593. The summed E-state index contributed by atoms with van der Waals surface area (Å²) in [5.41, 5.74) is 6.15. The minimum atomic E-state index is -0.392. The topological polar surface area (TPSA) is 38.9 Å². The summed E-state index contributed by atoms with van der Waals surface area (Å²) in [4.78, 5) is 15.1. The maximum absolute atomic E-state index is 6.58. The molecule has 1 atom stereocenters. The second kappa shape index (κ2) is 22.6. The predicted octanol–water partition coefficient (Wildman–Crippen LogP) is 17.1. The van der Waals surface area contributed by atoms with Gasteiger partial charge in [0.2, 0.25) is 0 Å². The van der Waals surface area contributed by atoms with E-state index in [4.69, 9.17) is 14.7 Å². The van der Waals surface area contributed by atoms with Gasteiger partial charge in [-0.1, -0.05) is 173 Å². The van der Waals surface area contributed by atoms with Gasteiger partial charge in [-0.3, -0.25) is 9.98 Å². The molecular weight excluding hydrogens is 807 g/mol. The normalized spacial score (nSPS) is 17.8. The Morgan fingerprint density at radius 3 is 1.92 bits per heavy atom. The van der Waals surface area contributed by atoms with Crippen LogP contribution in [-0.4, -0.2) is 22.9 Å². The summed E-state index contributed by atoms with van der Waals surface area (Å²) in [6, 6.07) is 30.7. The summed E-state index contributed by atoms with van der Waals surface area (Å²) in [7, 11) is 0. The molecule has 8 rings (SSSR count). The van der Waals surface area contributed by atoms with Crippen molar-refractivity contribution in [2.24, 2.45) is 15.9 Å². The molecule has 0 radical (unpaired) electrons. The van der Waals surface area contributed by atoms with E-state index in [9.17, 15) is 0 Å². The highest BCUT2D eigenvalue weighted by Crippen LogP contribution is 2.41. The quantitative estimate of drug-likeness (QED) is 0.0528. The van der Waals surface area contributed by atoms with E-state index in [2.05, 4.69) is 117 Å². The van der Waals surface area contributed by atoms with Crippen molar-refractivity contribution < 1.29 is 4.74 Å². The average molecular weight is 882 g/mol. The van der Waals surface area contributed by atoms with E-state index in [1.54, 1.807) is 11.3 Å². The summed E-state index contributed by atoms with van der Waals surface area (Å²) >= 11 is 3.71. The van der Waals surface area contributed by atoms with Crippen molar-refractivity contribution in [2.75, 3.05) is 6.61 Å². The van der Waals surface area contributed by atoms with Gasteiger partial charge in [0.25, 0.3) is 0 Å². The summed E-state index contributed by atoms with van der Waals surface area (Å²) in [5.74, 6) is 0.673. The third-order valence-corrected chi connectivity index (χ3v) is 16.5. The van der Waals surface area contributed by atoms with Gasteiger partial charge < -0.3 is 9.30 Å². The van der Waals surface area contributed by atoms with E-state index < -0.39 is 5.66 Å². The minimum Gasteiger partial charge on any atom is -0.378 e. The van der Waals surface area contributed by atoms with Crippen molar-refractivity contribution in [3.63, 3.8) is 0 Å². The number of fused-ring (bicyclic) bond motifs is 4. The highest BCUT2D eigenvalue weighted by molar-refractivity contribution is 7.18. The molecule has 0 bridgehead atoms. The van der Waals surface area contributed by atoms with Crippen molar-refractivity contribution >= 4 is 44.5 Å². The molecule has 2 aliphatic rings. The Morgan fingerprint density at radius 1 is 0.619 bits per heavy atom. The average Bonchev–Trinajstić information content (AvgIpc) is 4.15. The highest BCUT2D eigenvalue weighted by atomic mass is 32.1. The largest absolute Gasteiger partial charge is 0.378 e. The molecule has 0 N–H and O–H groups in total. The smallest absolute Gasteiger partial charge is 0.151 e. The number of ether oxygens (including phenoxy) is 1. The Kier molecular flexibility index (Phi) is 16.5. The molecule has 4 nitrogen and oxygen atoms in total. The Morgan fingerprint density at radius 2 is 1.25 bits per heavy atom. The molecule has 1 aliphatic heterocycles. The van der Waals surface area contributed by atoms with E-state index >= 15 is 0 Å². The van der Waals surface area contributed by atoms with E-state index in [0.29, 0.717) is 18.1 Å². The first-order valence-corrected chi connectivity index (χ1v) is 27.2. The summed E-state index contributed by atoms with van der Waals surface area (Å²) in [5, 5.41) is 7.12. The SMILES string of the molecule is CCCCCCCCC(CCCCCCCC)n1c2ccccc2c2ccc(-c3ccc(-c4ccc(-c5cccs5)c5c4=NC4(CCC(OCC(CC)CCCC)CC4)N=5)s3)cc21. The Balaban J connectivity index is 1.08. The maximum Gasteiger partial charge on any atom is 0.151 e. The van der Waals surface area contributed by atoms with Gasteiger partial charge in [-0.05, 0) is 92.1 Å². The van der Waals surface area contributed by atoms with Gasteiger partial charge in [0.1, 0.15) is 0 Å². The molecule has 6 aromatic rings. The molecule has 1 saturated carbocycles. The van der Waals surface area contributed by atoms with Crippen molar-refractivity contribution in [1.29, 1.82) is 0 Å². The molecule has 1 aliphatic carbocycles. The second-order valence-corrected chi connectivity index (χ2v) is 21.1. The number of thiophene rings is 2. The van der Waals surface area contributed by atoms with Crippen molar-refractivity contribution in [2.45, 2.75) is 187 Å². The van der Waals surface area contributed by atoms with Gasteiger partial charge >= 0.3 is 0 Å². The highest BCUT2D eigenvalue weighted by Gasteiger charge is 2.38. The third-order valence-electron chi connectivity index (χ3n) is 14.4. The molecule has 0 saturated heterocycles. The fourth-order valence-electron chi connectivity index (χ4n) is 10.6. The molecule has 0 amide bonds. The van der Waals surface area contributed by atoms with E-state index in [0.717, 1.165) is 43.0 Å². The number of benzene rings is 3. The minimum absolute atomic E-state index is 0.314. The van der Waals surface area contributed by atoms with E-state index in [-0.39, 0.29) is 0 Å². The predicted molar refractivity (Wildman–Crippen MR) is 273 cm³/mol. The number of unbranched alkanes of at least 4 members (excludes halogenated alkanes) is 11. The van der Waals surface area contributed by atoms with Crippen LogP contribution in [0.1, 0.15) is 175 Å². The number of rotatable bonds is 25. The second-order valence-electron chi connectivity index (χ2n) is 19.0. The summed E-state index contributed by atoms with van der Waals surface area (Å²) < 4.78 is 9.35. The van der Waals surface area contributed by atoms with Gasteiger partial charge in [-0.2, -0.15) is 0 Å². The number of hydrogen-bond donors (Lipinski definition) is 0. The van der Waals surface area contributed by atoms with E-state index in [1.807, 2.05) is 11.3 Å². The summed E-state index contributed by atoms with van der Waals surface area (Å²) in [6.45, 7) is 10.1. The zero-order valence-corrected chi connectivity index (χ0v) is 40.8. The fraction of sp³-hybridized carbons (Fsp3) is 0.544. The van der Waals surface area contributed by atoms with Gasteiger partial charge in [0, 0.05) is 54.7 Å². The lowest BCUT2D eigenvalue weighted by Crippen LogP contribution is -2.34. The zero-order chi connectivity index (χ0) is 43.4. The molecule has 4 heterocycles. The van der Waals surface area contributed by atoms with Crippen molar-refractivity contribution in [1.82, 2.24) is 4.57 Å². The lowest BCUT2D eigenvalue weighted by atomic mass is 9.88. The van der Waals surface area contributed by atoms with Crippen LogP contribution >= 0.6 is 22.7 Å². The molecule has 1 fully saturated rings. The number of para-hydroxylation sites is 1. The maximum atomic E-state index is 6.58. The standard InChI is InChI=1S/C57H75N3OS2/c1-5-9-12-14-16-18-24-44(25-19-17-15-13-10-6-2)60-50-27-21-20-26-46(50)47-30-29-43(40-51(47)60)52-33-34-54(63-52)49-32-31-48(53-28-22-39-62-53)55-56(49)59-57(58-55)37-35-45(36-38-57)61-41-42(8-4)23-11-7-3/h20-22,26-34,39-40,42,44-45H,5-19,23-25,35-38,41H2,1-4H3. The van der Waals surface area contributed by atoms with Gasteiger partial charge in [-0.25, -0.2) is 0 Å². The number of nitrogens with zero attached hydrogens (tertiary/aromatic N) is 3. The number of hydrogen-bond acceptors (Lipinski definition) is 5. The first kappa shape index (κ1) is 46.0. The van der Waals surface area contributed by atoms with Crippen molar-refractivity contribution in [3.8, 4) is 31.3 Å². The van der Waals surface area contributed by atoms with Gasteiger partial charge in [0.15, 0.2) is 5.66 Å². The van der Waals surface area contributed by atoms with Crippen molar-refractivity contribution in [3.05, 3.63) is 95.0 Å². The molecule has 3 aromatic heterocycles. The Bertz CT molecular complexity index is 2450. The van der Waals surface area contributed by atoms with Crippen LogP contribution in [0.25, 0.3) is 53.1 Å². The molecule has 63 heavy (non-hydrogen) atoms. The van der Waals surface area contributed by atoms with Crippen LogP contribution in [0.4, 0.5) is 0 Å². The summed E-state index contributed by atoms with van der Waals surface area (Å²) in [6.07, 6.45) is 28.0. The molecule has 3 aromatic carbocycles. The number of aromatic nitrogens is 1. The van der Waals surface area contributed by atoms with E-state index in [1.165, 1.54) is 169 Å². The Labute approximate surface area is 387 Å². The third kappa shape index (κ3) is 10.9. The van der Waals surface area contributed by atoms with Crippen LogP contribution in [0, 0.1) is 5.92 Å². The molecule has 336 valence electrons. The lowest BCUT2D eigenvalue weighted by Gasteiger charge is -2.33. The molecular formula is C57H75N3OS2. The van der Waals surface area contributed by atoms with Crippen LogP contribution in [0.5, 0.6) is 0 Å². The van der Waals surface area contributed by atoms with Crippen LogP contribution < -0.4 is 10.7 Å². The van der Waals surface area contributed by atoms with Crippen LogP contribution in [0.2, 0.25) is 0 Å². The molecule has 1 unspecified atom stereocenters. The zero-order valence-electron chi connectivity index (χ0n) is 39.1. The molecule has 1 spiro atoms. The van der Waals surface area contributed by atoms with Crippen LogP contribution in [-0.2, 0) is 4.74 Å². The fourth-order valence-corrected chi connectivity index (χ4v) is 12.4. The van der Waals surface area contributed by atoms with Crippen LogP contribution in [0.15, 0.2) is 94.2 Å². The first-order valence-electron chi connectivity index (χ1n) is 25.5. The Hall–Kier alpha value is -3.58. The van der Waals surface area contributed by atoms with Crippen LogP contribution in [0.3, 0.4) is 0 Å².